The van der Waals surface area contributed by atoms with Crippen LogP contribution < -0.4 is 10.6 Å². The lowest BCUT2D eigenvalue weighted by atomic mass is 9.66. The predicted octanol–water partition coefficient (Wildman–Crippen LogP) is 2.91. The van der Waals surface area contributed by atoms with Crippen LogP contribution in [0.1, 0.15) is 33.1 Å². The summed E-state index contributed by atoms with van der Waals surface area (Å²) in [6, 6.07) is 0. The molecule has 0 unspecified atom stereocenters. The van der Waals surface area contributed by atoms with Crippen LogP contribution in [-0.4, -0.2) is 64.8 Å². The molecule has 5 nitrogen and oxygen atoms in total. The number of ether oxygens (including phenoxy) is 2. The Balaban J connectivity index is 3.22. The lowest BCUT2D eigenvalue weighted by Gasteiger charge is -2.06. The molecule has 1 amide bonds. The van der Waals surface area contributed by atoms with E-state index in [0.29, 0.717) is 37.9 Å². The van der Waals surface area contributed by atoms with Crippen molar-refractivity contribution in [1.29, 1.82) is 0 Å². The van der Waals surface area contributed by atoms with Crippen LogP contribution in [0.25, 0.3) is 0 Å². The van der Waals surface area contributed by atoms with Crippen LogP contribution in [-0.2, 0) is 14.3 Å². The average molecular weight is 389 g/mol. The van der Waals surface area contributed by atoms with Crippen molar-refractivity contribution >= 4 is 34.8 Å². The van der Waals surface area contributed by atoms with Gasteiger partial charge in [0, 0.05) is 31.9 Å². The molecule has 145 valence electrons. The molecule has 0 aromatic rings. The number of hydrogen-bond acceptors (Lipinski definition) is 6. The van der Waals surface area contributed by atoms with Crippen LogP contribution in [0.4, 0.5) is 0 Å². The molecule has 1 radical (unpaired) electrons. The van der Waals surface area contributed by atoms with Crippen LogP contribution >= 0.6 is 21.6 Å². The first-order valence-corrected chi connectivity index (χ1v) is 11.5. The van der Waals surface area contributed by atoms with Gasteiger partial charge in [-0.3, -0.25) is 4.79 Å². The van der Waals surface area contributed by atoms with Crippen molar-refractivity contribution in [3.63, 3.8) is 0 Å². The summed E-state index contributed by atoms with van der Waals surface area (Å²) in [5, 5.41) is 5.98. The maximum atomic E-state index is 11.6. The second kappa shape index (κ2) is 20.2. The van der Waals surface area contributed by atoms with Gasteiger partial charge in [-0.05, 0) is 19.9 Å². The molecule has 0 spiro atoms. The third kappa shape index (κ3) is 21.8. The Morgan fingerprint density at radius 1 is 1.16 bits per heavy atom. The largest absolute Gasteiger partial charge is 0.376 e. The molecule has 0 bridgehead atoms. The molecule has 0 saturated carbocycles. The molecule has 0 atom stereocenters. The van der Waals surface area contributed by atoms with Crippen LogP contribution in [0.15, 0.2) is 12.1 Å². The van der Waals surface area contributed by atoms with Gasteiger partial charge in [-0.1, -0.05) is 47.3 Å². The molecule has 8 heteroatoms. The van der Waals surface area contributed by atoms with Gasteiger partial charge in [-0.2, -0.15) is 0 Å². The topological polar surface area (TPSA) is 59.6 Å². The quantitative estimate of drug-likeness (QED) is 0.163. The van der Waals surface area contributed by atoms with E-state index in [9.17, 15) is 4.79 Å². The fourth-order valence-electron chi connectivity index (χ4n) is 1.68. The number of amides is 1. The van der Waals surface area contributed by atoms with Gasteiger partial charge >= 0.3 is 0 Å². The highest BCUT2D eigenvalue weighted by Crippen LogP contribution is 2.20. The fraction of sp³-hybridized carbons (Fsp3) is 0.824. The first-order valence-electron chi connectivity index (χ1n) is 8.98. The third-order valence-corrected chi connectivity index (χ3v) is 5.10. The number of nitrogens with one attached hydrogen (secondary N) is 2. The molecular formula is C17H34BN2O3S2. The van der Waals surface area contributed by atoms with E-state index in [-0.39, 0.29) is 5.91 Å². The summed E-state index contributed by atoms with van der Waals surface area (Å²) in [6.07, 6.45) is 4.32. The first kappa shape index (κ1) is 24.9. The molecule has 0 aliphatic rings. The minimum Gasteiger partial charge on any atom is -0.376 e. The lowest BCUT2D eigenvalue weighted by Crippen LogP contribution is -2.27. The van der Waals surface area contributed by atoms with Crippen molar-refractivity contribution in [1.82, 2.24) is 10.6 Å². The van der Waals surface area contributed by atoms with Gasteiger partial charge in [-0.25, -0.2) is 0 Å². The summed E-state index contributed by atoms with van der Waals surface area (Å²) in [7, 11) is 7.62. The summed E-state index contributed by atoms with van der Waals surface area (Å²) < 4.78 is 10.9. The van der Waals surface area contributed by atoms with E-state index in [2.05, 4.69) is 31.8 Å². The lowest BCUT2D eigenvalue weighted by molar-refractivity contribution is -0.121. The molecule has 0 aliphatic carbocycles. The summed E-state index contributed by atoms with van der Waals surface area (Å²) in [5.74, 6) is 4.46. The van der Waals surface area contributed by atoms with E-state index in [1.165, 1.54) is 0 Å². The molecule has 0 saturated heterocycles. The van der Waals surface area contributed by atoms with Crippen molar-refractivity contribution in [3.8, 4) is 0 Å². The van der Waals surface area contributed by atoms with Gasteiger partial charge in [-0.15, -0.1) is 5.98 Å². The second-order valence-electron chi connectivity index (χ2n) is 5.82. The number of carbonyl (C=O) groups is 1. The molecule has 25 heavy (non-hydrogen) atoms. The van der Waals surface area contributed by atoms with E-state index >= 15 is 0 Å². The zero-order valence-corrected chi connectivity index (χ0v) is 17.6. The molecule has 0 aromatic heterocycles. The summed E-state index contributed by atoms with van der Waals surface area (Å²) in [5.41, 5.74) is 0. The van der Waals surface area contributed by atoms with Gasteiger partial charge in [0.25, 0.3) is 0 Å². The Bertz CT molecular complexity index is 335. The van der Waals surface area contributed by atoms with E-state index in [0.717, 1.165) is 31.7 Å². The predicted molar refractivity (Wildman–Crippen MR) is 112 cm³/mol. The van der Waals surface area contributed by atoms with Gasteiger partial charge < -0.3 is 20.1 Å². The second-order valence-corrected chi connectivity index (χ2v) is 8.35. The molecule has 0 rings (SSSR count). The van der Waals surface area contributed by atoms with Gasteiger partial charge in [0.15, 0.2) is 0 Å². The number of unbranched alkanes of at least 4 members (excludes halogenated alkanes) is 1. The van der Waals surface area contributed by atoms with Crippen molar-refractivity contribution in [2.24, 2.45) is 0 Å². The van der Waals surface area contributed by atoms with E-state index in [4.69, 9.17) is 9.47 Å². The molecule has 0 aromatic carbocycles. The van der Waals surface area contributed by atoms with Crippen molar-refractivity contribution < 1.29 is 14.3 Å². The molecule has 0 heterocycles. The first-order chi connectivity index (χ1) is 12.2. The zero-order valence-electron chi connectivity index (χ0n) is 15.9. The molecular weight excluding hydrogens is 355 g/mol. The number of rotatable bonds is 18. The van der Waals surface area contributed by atoms with Crippen LogP contribution in [0.2, 0.25) is 5.82 Å². The highest BCUT2D eigenvalue weighted by atomic mass is 33.1. The smallest absolute Gasteiger partial charge is 0.220 e. The average Bonchev–Trinajstić information content (AvgIpc) is 2.58. The summed E-state index contributed by atoms with van der Waals surface area (Å²) in [4.78, 5) is 11.6. The normalized spacial score (nSPS) is 11.4. The zero-order chi connectivity index (χ0) is 18.6. The summed E-state index contributed by atoms with van der Waals surface area (Å²) in [6.45, 7) is 7.71. The fourth-order valence-corrected chi connectivity index (χ4v) is 3.35. The standard InChI is InChI=1S/C17H34BN2O3S2/c1-16(2)18-8-6-12-22-13-9-20-17(21)7-4-5-11-23-15-25-24-14-10-19-3/h6,8,16,19H,4-5,7,9-15H2,1-3H3,(H,20,21)/b8-6+. The third-order valence-electron chi connectivity index (χ3n) is 3.01. The molecule has 0 fully saturated rings. The van der Waals surface area contributed by atoms with Crippen molar-refractivity contribution in [2.45, 2.75) is 38.9 Å². The van der Waals surface area contributed by atoms with Crippen LogP contribution in [0, 0.1) is 0 Å². The van der Waals surface area contributed by atoms with Crippen LogP contribution in [0.5, 0.6) is 0 Å². The maximum absolute atomic E-state index is 11.6. The Labute approximate surface area is 162 Å². The number of carbonyl (C=O) groups excluding carboxylic acids is 1. The Morgan fingerprint density at radius 2 is 2.00 bits per heavy atom. The Hall–Kier alpha value is -0.145. The van der Waals surface area contributed by atoms with Gasteiger partial charge in [0.1, 0.15) is 13.2 Å². The minimum atomic E-state index is 0.0873. The van der Waals surface area contributed by atoms with Crippen LogP contribution in [0.3, 0.4) is 0 Å². The van der Waals surface area contributed by atoms with E-state index < -0.39 is 0 Å². The highest BCUT2D eigenvalue weighted by molar-refractivity contribution is 8.76. The van der Waals surface area contributed by atoms with Crippen molar-refractivity contribution in [3.05, 3.63) is 12.1 Å². The highest BCUT2D eigenvalue weighted by Gasteiger charge is 2.00. The Kier molecular flexibility index (Phi) is 20.1. The molecule has 0 aliphatic heterocycles. The van der Waals surface area contributed by atoms with E-state index in [1.807, 2.05) is 29.9 Å². The SMILES string of the molecule is CNCCSSCOCCCCC(=O)NCCOC/C=C/[B]C(C)C. The number of hydrogen-bond donors (Lipinski definition) is 2. The van der Waals surface area contributed by atoms with Crippen molar-refractivity contribution in [2.75, 3.05) is 51.6 Å². The monoisotopic (exact) mass is 389 g/mol. The maximum Gasteiger partial charge on any atom is 0.220 e. The van der Waals surface area contributed by atoms with Gasteiger partial charge in [0.05, 0.1) is 13.2 Å². The van der Waals surface area contributed by atoms with Gasteiger partial charge in [0.2, 0.25) is 5.91 Å². The minimum absolute atomic E-state index is 0.0873. The summed E-state index contributed by atoms with van der Waals surface area (Å²) >= 11 is 0. The molecule has 2 N–H and O–H groups in total. The van der Waals surface area contributed by atoms with E-state index in [1.54, 1.807) is 10.8 Å². The Morgan fingerprint density at radius 3 is 2.76 bits per heavy atom.